The minimum atomic E-state index is -0.214. The van der Waals surface area contributed by atoms with Crippen molar-refractivity contribution in [2.75, 3.05) is 26.7 Å². The van der Waals surface area contributed by atoms with Gasteiger partial charge in [-0.05, 0) is 56.3 Å². The minimum absolute atomic E-state index is 0. The lowest BCUT2D eigenvalue weighted by molar-refractivity contribution is -0.132. The van der Waals surface area contributed by atoms with Crippen molar-refractivity contribution >= 4 is 18.3 Å². The fourth-order valence-corrected chi connectivity index (χ4v) is 3.20. The molecular formula is C18H28ClFN2O. The summed E-state index contributed by atoms with van der Waals surface area (Å²) in [5.74, 6) is 0.590. The Hall–Kier alpha value is -1.13. The first-order valence-corrected chi connectivity index (χ1v) is 8.28. The van der Waals surface area contributed by atoms with Crippen molar-refractivity contribution in [2.45, 2.75) is 38.5 Å². The maximum Gasteiger partial charge on any atom is 0.223 e. The third kappa shape index (κ3) is 5.78. The fraction of sp³-hybridized carbons (Fsp3) is 0.611. The van der Waals surface area contributed by atoms with Crippen LogP contribution in [0.1, 0.15) is 44.1 Å². The van der Waals surface area contributed by atoms with Gasteiger partial charge in [-0.2, -0.15) is 0 Å². The maximum absolute atomic E-state index is 13.8. The van der Waals surface area contributed by atoms with E-state index in [2.05, 4.69) is 5.32 Å². The van der Waals surface area contributed by atoms with E-state index < -0.39 is 0 Å². The second-order valence-corrected chi connectivity index (χ2v) is 6.34. The number of hydrogen-bond donors (Lipinski definition) is 1. The van der Waals surface area contributed by atoms with Crippen molar-refractivity contribution in [3.05, 3.63) is 35.6 Å². The third-order valence-corrected chi connectivity index (χ3v) is 4.69. The number of rotatable bonds is 6. The molecule has 1 N–H and O–H groups in total. The highest BCUT2D eigenvalue weighted by molar-refractivity contribution is 5.85. The van der Waals surface area contributed by atoms with Gasteiger partial charge in [-0.1, -0.05) is 25.1 Å². The van der Waals surface area contributed by atoms with E-state index in [4.69, 9.17) is 0 Å². The molecule has 1 saturated heterocycles. The highest BCUT2D eigenvalue weighted by Gasteiger charge is 2.24. The molecule has 130 valence electrons. The van der Waals surface area contributed by atoms with Crippen LogP contribution in [0.4, 0.5) is 4.39 Å². The zero-order valence-corrected chi connectivity index (χ0v) is 14.9. The zero-order chi connectivity index (χ0) is 15.9. The summed E-state index contributed by atoms with van der Waals surface area (Å²) in [5, 5.41) is 3.18. The van der Waals surface area contributed by atoms with E-state index in [1.807, 2.05) is 24.9 Å². The van der Waals surface area contributed by atoms with Crippen molar-refractivity contribution in [3.8, 4) is 0 Å². The normalized spacial score (nSPS) is 16.7. The van der Waals surface area contributed by atoms with Gasteiger partial charge in [0.2, 0.25) is 5.91 Å². The molecule has 1 aromatic carbocycles. The van der Waals surface area contributed by atoms with E-state index >= 15 is 0 Å². The summed E-state index contributed by atoms with van der Waals surface area (Å²) in [6, 6.07) is 6.75. The van der Waals surface area contributed by atoms with Crippen molar-refractivity contribution in [2.24, 2.45) is 5.92 Å². The lowest BCUT2D eigenvalue weighted by Crippen LogP contribution is -2.39. The Labute approximate surface area is 145 Å². The lowest BCUT2D eigenvalue weighted by atomic mass is 9.92. The largest absolute Gasteiger partial charge is 0.343 e. The van der Waals surface area contributed by atoms with Crippen LogP contribution < -0.4 is 5.32 Å². The second-order valence-electron chi connectivity index (χ2n) is 6.34. The fourth-order valence-electron chi connectivity index (χ4n) is 3.20. The summed E-state index contributed by atoms with van der Waals surface area (Å²) in [5.41, 5.74) is 0.639. The number of hydrogen-bond acceptors (Lipinski definition) is 2. The monoisotopic (exact) mass is 342 g/mol. The smallest absolute Gasteiger partial charge is 0.223 e. The van der Waals surface area contributed by atoms with E-state index in [1.54, 1.807) is 12.1 Å². The van der Waals surface area contributed by atoms with E-state index in [0.29, 0.717) is 12.0 Å². The van der Waals surface area contributed by atoms with Crippen LogP contribution >= 0.6 is 12.4 Å². The number of likely N-dealkylation sites (tertiary alicyclic amines) is 1. The van der Waals surface area contributed by atoms with Crippen LogP contribution in [0.25, 0.3) is 0 Å². The number of carbonyl (C=O) groups excluding carboxylic acids is 1. The molecule has 1 heterocycles. The van der Waals surface area contributed by atoms with Crippen LogP contribution in [-0.2, 0) is 4.79 Å². The van der Waals surface area contributed by atoms with Gasteiger partial charge in [-0.15, -0.1) is 12.4 Å². The molecule has 3 nitrogen and oxygen atoms in total. The van der Waals surface area contributed by atoms with Gasteiger partial charge in [0.1, 0.15) is 5.82 Å². The highest BCUT2D eigenvalue weighted by Crippen LogP contribution is 2.25. The van der Waals surface area contributed by atoms with Crippen molar-refractivity contribution in [1.29, 1.82) is 0 Å². The molecule has 1 atom stereocenters. The number of nitrogens with one attached hydrogen (secondary N) is 1. The molecule has 1 unspecified atom stereocenters. The van der Waals surface area contributed by atoms with E-state index in [9.17, 15) is 9.18 Å². The standard InChI is InChI=1S/C18H27FN2O.ClH/c1-14(16-5-3-4-6-17(16)19)13-18(22)21-11-8-15(9-12-21)7-10-20-2;/h3-6,14-15,20H,7-13H2,1-2H3;1H. The van der Waals surface area contributed by atoms with Gasteiger partial charge in [0.25, 0.3) is 0 Å². The van der Waals surface area contributed by atoms with Crippen LogP contribution in [0.2, 0.25) is 0 Å². The van der Waals surface area contributed by atoms with E-state index in [0.717, 1.165) is 38.4 Å². The topological polar surface area (TPSA) is 32.3 Å². The number of carbonyl (C=O) groups is 1. The molecule has 5 heteroatoms. The minimum Gasteiger partial charge on any atom is -0.343 e. The molecular weight excluding hydrogens is 315 g/mol. The zero-order valence-electron chi connectivity index (χ0n) is 14.1. The van der Waals surface area contributed by atoms with E-state index in [-0.39, 0.29) is 30.0 Å². The molecule has 1 amide bonds. The average molecular weight is 343 g/mol. The molecule has 1 aromatic rings. The van der Waals surface area contributed by atoms with Gasteiger partial charge < -0.3 is 10.2 Å². The van der Waals surface area contributed by atoms with E-state index in [1.165, 1.54) is 12.5 Å². The molecule has 1 aliphatic rings. The van der Waals surface area contributed by atoms with Gasteiger partial charge in [0.15, 0.2) is 0 Å². The average Bonchev–Trinajstić information content (AvgIpc) is 2.53. The Morgan fingerprint density at radius 1 is 1.35 bits per heavy atom. The summed E-state index contributed by atoms with van der Waals surface area (Å²) in [4.78, 5) is 14.4. The number of benzene rings is 1. The predicted octanol–water partition coefficient (Wildman–Crippen LogP) is 3.59. The first-order valence-electron chi connectivity index (χ1n) is 8.28. The lowest BCUT2D eigenvalue weighted by Gasteiger charge is -2.32. The summed E-state index contributed by atoms with van der Waals surface area (Å²) in [6.07, 6.45) is 3.75. The first-order chi connectivity index (χ1) is 10.6. The van der Waals surface area contributed by atoms with Crippen molar-refractivity contribution in [3.63, 3.8) is 0 Å². The third-order valence-electron chi connectivity index (χ3n) is 4.69. The summed E-state index contributed by atoms with van der Waals surface area (Å²) in [7, 11) is 1.97. The Morgan fingerprint density at radius 3 is 2.61 bits per heavy atom. The number of piperidine rings is 1. The molecule has 0 radical (unpaired) electrons. The van der Waals surface area contributed by atoms with Gasteiger partial charge >= 0.3 is 0 Å². The Morgan fingerprint density at radius 2 is 2.00 bits per heavy atom. The Bertz CT molecular complexity index is 490. The maximum atomic E-state index is 13.8. The van der Waals surface area contributed by atoms with Gasteiger partial charge in [0, 0.05) is 19.5 Å². The highest BCUT2D eigenvalue weighted by atomic mass is 35.5. The van der Waals surface area contributed by atoms with Crippen LogP contribution in [0.3, 0.4) is 0 Å². The van der Waals surface area contributed by atoms with Crippen molar-refractivity contribution in [1.82, 2.24) is 10.2 Å². The molecule has 0 bridgehead atoms. The molecule has 1 fully saturated rings. The number of halogens is 2. The molecule has 2 rings (SSSR count). The van der Waals surface area contributed by atoms with Gasteiger partial charge in [-0.3, -0.25) is 4.79 Å². The summed E-state index contributed by atoms with van der Waals surface area (Å²) < 4.78 is 13.8. The molecule has 0 spiro atoms. The summed E-state index contributed by atoms with van der Waals surface area (Å²) >= 11 is 0. The Balaban J connectivity index is 0.00000264. The van der Waals surface area contributed by atoms with Crippen molar-refractivity contribution < 1.29 is 9.18 Å². The van der Waals surface area contributed by atoms with Crippen LogP contribution in [0, 0.1) is 11.7 Å². The second kappa shape index (κ2) is 9.89. The van der Waals surface area contributed by atoms with Gasteiger partial charge in [-0.25, -0.2) is 4.39 Å². The van der Waals surface area contributed by atoms with Crippen LogP contribution in [0.5, 0.6) is 0 Å². The SMILES string of the molecule is CNCCC1CCN(C(=O)CC(C)c2ccccc2F)CC1.Cl. The number of amides is 1. The molecule has 1 aliphatic heterocycles. The first kappa shape index (κ1) is 19.9. The number of nitrogens with zero attached hydrogens (tertiary/aromatic N) is 1. The predicted molar refractivity (Wildman–Crippen MR) is 94.5 cm³/mol. The molecule has 0 saturated carbocycles. The molecule has 0 aromatic heterocycles. The Kier molecular flexibility index (Phi) is 8.56. The molecule has 0 aliphatic carbocycles. The van der Waals surface area contributed by atoms with Crippen LogP contribution in [0.15, 0.2) is 24.3 Å². The van der Waals surface area contributed by atoms with Gasteiger partial charge in [0.05, 0.1) is 0 Å². The molecule has 23 heavy (non-hydrogen) atoms. The summed E-state index contributed by atoms with van der Waals surface area (Å²) in [6.45, 7) is 4.66. The van der Waals surface area contributed by atoms with Crippen LogP contribution in [-0.4, -0.2) is 37.5 Å². The quantitative estimate of drug-likeness (QED) is 0.856.